The monoisotopic (exact) mass is 625 g/mol. The van der Waals surface area contributed by atoms with Crippen LogP contribution in [0.1, 0.15) is 48.8 Å². The Labute approximate surface area is 263 Å². The fourth-order valence-electron chi connectivity index (χ4n) is 4.62. The van der Waals surface area contributed by atoms with Crippen LogP contribution in [0.3, 0.4) is 0 Å². The van der Waals surface area contributed by atoms with Gasteiger partial charge in [-0.05, 0) is 74.8 Å². The molecule has 0 spiro atoms. The van der Waals surface area contributed by atoms with E-state index in [2.05, 4.69) is 20.9 Å². The quantitative estimate of drug-likeness (QED) is 0.0522. The highest BCUT2D eigenvalue weighted by Crippen LogP contribution is 2.18. The lowest BCUT2D eigenvalue weighted by Gasteiger charge is -2.25. The van der Waals surface area contributed by atoms with Crippen molar-refractivity contribution in [1.29, 1.82) is 0 Å². The molecule has 4 amide bonds. The molecule has 0 fully saturated rings. The summed E-state index contributed by atoms with van der Waals surface area (Å²) in [6.45, 7) is 2.37. The molecule has 0 saturated heterocycles. The Morgan fingerprint density at radius 1 is 0.778 bits per heavy atom. The maximum atomic E-state index is 13.6. The zero-order valence-electron chi connectivity index (χ0n) is 25.7. The molecule has 0 aliphatic carbocycles. The molecule has 14 heteroatoms. The summed E-state index contributed by atoms with van der Waals surface area (Å²) in [7, 11) is 0. The van der Waals surface area contributed by atoms with Crippen LogP contribution in [0.2, 0.25) is 0 Å². The lowest BCUT2D eigenvalue weighted by molar-refractivity contribution is -0.133. The number of benzene rings is 2. The van der Waals surface area contributed by atoms with Crippen LogP contribution in [-0.2, 0) is 32.0 Å². The Balaban J connectivity index is 2.24. The van der Waals surface area contributed by atoms with Crippen LogP contribution in [0.5, 0.6) is 5.75 Å². The van der Waals surface area contributed by atoms with Crippen LogP contribution in [0, 0.1) is 6.92 Å². The van der Waals surface area contributed by atoms with Crippen molar-refractivity contribution in [2.75, 3.05) is 13.1 Å². The number of primary amides is 1. The number of amides is 4. The lowest BCUT2D eigenvalue weighted by Crippen LogP contribution is -2.58. The predicted molar refractivity (Wildman–Crippen MR) is 172 cm³/mol. The van der Waals surface area contributed by atoms with Gasteiger partial charge in [0.25, 0.3) is 0 Å². The first-order valence-electron chi connectivity index (χ1n) is 14.9. The van der Waals surface area contributed by atoms with Gasteiger partial charge in [-0.3, -0.25) is 24.2 Å². The minimum Gasteiger partial charge on any atom is -0.508 e. The second-order valence-electron chi connectivity index (χ2n) is 10.9. The zero-order chi connectivity index (χ0) is 33.4. The summed E-state index contributed by atoms with van der Waals surface area (Å²) in [5.74, 6) is -2.50. The summed E-state index contributed by atoms with van der Waals surface area (Å²) in [5.41, 5.74) is 30.2. The van der Waals surface area contributed by atoms with Gasteiger partial charge in [0.1, 0.15) is 23.9 Å². The average Bonchev–Trinajstić information content (AvgIpc) is 2.99. The number of carbonyl (C=O) groups excluding carboxylic acids is 4. The third-order valence-corrected chi connectivity index (χ3v) is 7.15. The normalized spacial score (nSPS) is 13.5. The van der Waals surface area contributed by atoms with Crippen molar-refractivity contribution in [2.45, 2.75) is 76.0 Å². The van der Waals surface area contributed by atoms with E-state index >= 15 is 0 Å². The van der Waals surface area contributed by atoms with E-state index < -0.39 is 47.8 Å². The Bertz CT molecular complexity index is 1300. The third-order valence-electron chi connectivity index (χ3n) is 7.15. The molecule has 4 atom stereocenters. The molecule has 0 heterocycles. The fourth-order valence-corrected chi connectivity index (χ4v) is 4.62. The molecule has 0 unspecified atom stereocenters. The number of nitrogens with zero attached hydrogens (tertiary/aromatic N) is 1. The second-order valence-corrected chi connectivity index (χ2v) is 10.9. The van der Waals surface area contributed by atoms with Gasteiger partial charge in [-0.15, -0.1) is 0 Å². The number of carbonyl (C=O) groups is 4. The molecule has 0 radical (unpaired) electrons. The summed E-state index contributed by atoms with van der Waals surface area (Å²) in [5, 5.41) is 17.9. The van der Waals surface area contributed by atoms with Gasteiger partial charge >= 0.3 is 0 Å². The molecule has 14 nitrogen and oxygen atoms in total. The third kappa shape index (κ3) is 13.2. The van der Waals surface area contributed by atoms with Crippen molar-refractivity contribution >= 4 is 29.6 Å². The maximum Gasteiger partial charge on any atom is 0.243 e. The van der Waals surface area contributed by atoms with Crippen molar-refractivity contribution < 1.29 is 24.3 Å². The average molecular weight is 626 g/mol. The van der Waals surface area contributed by atoms with Gasteiger partial charge in [-0.2, -0.15) is 0 Å². The van der Waals surface area contributed by atoms with Crippen molar-refractivity contribution in [3.63, 3.8) is 0 Å². The van der Waals surface area contributed by atoms with Crippen molar-refractivity contribution in [3.8, 4) is 5.75 Å². The molecule has 2 aromatic rings. The smallest absolute Gasteiger partial charge is 0.243 e. The van der Waals surface area contributed by atoms with Crippen molar-refractivity contribution in [2.24, 2.45) is 33.7 Å². The zero-order valence-corrected chi connectivity index (χ0v) is 25.7. The molecule has 0 aromatic heterocycles. The van der Waals surface area contributed by atoms with Gasteiger partial charge in [0.15, 0.2) is 5.96 Å². The number of aromatic hydroxyl groups is 1. The standard InChI is InChI=1S/C31H47N9O5/c1-19-16-21(12-13-26(19)41)17-22(33)28(43)39-24(11-7-15-37-31(35)36)29(44)40-25(18-20-8-3-2-4-9-20)30(45)38-23(27(34)42)10-5-6-14-32/h2-4,8-9,12-13,16,22-25,41H,5-7,10-11,14-15,17-18,32-33H2,1H3,(H2,34,42)(H,38,45)(H,39,43)(H,40,44)(H4,35,36,37)/t22-,23-,24+,25-/m0/s1. The number of rotatable bonds is 19. The number of aliphatic imine (C=N–C) groups is 1. The molecule has 45 heavy (non-hydrogen) atoms. The van der Waals surface area contributed by atoms with Crippen LogP contribution in [0.25, 0.3) is 0 Å². The van der Waals surface area contributed by atoms with Crippen molar-refractivity contribution in [1.82, 2.24) is 16.0 Å². The first-order chi connectivity index (χ1) is 21.4. The van der Waals surface area contributed by atoms with Crippen LogP contribution in [0.15, 0.2) is 53.5 Å². The number of nitrogens with two attached hydrogens (primary N) is 5. The summed E-state index contributed by atoms with van der Waals surface area (Å²) in [4.78, 5) is 56.2. The largest absolute Gasteiger partial charge is 0.508 e. The Hall–Kier alpha value is -4.69. The van der Waals surface area contributed by atoms with Gasteiger partial charge in [-0.25, -0.2) is 0 Å². The first kappa shape index (κ1) is 36.5. The van der Waals surface area contributed by atoms with Crippen molar-refractivity contribution in [3.05, 3.63) is 65.2 Å². The van der Waals surface area contributed by atoms with E-state index in [0.29, 0.717) is 37.8 Å². The summed E-state index contributed by atoms with van der Waals surface area (Å²) < 4.78 is 0. The molecule has 0 aliphatic heterocycles. The highest BCUT2D eigenvalue weighted by molar-refractivity contribution is 5.94. The SMILES string of the molecule is Cc1cc(C[C@H](N)C(=O)N[C@H](CCCN=C(N)N)C(=O)N[C@@H](Cc2ccccc2)C(=O)N[C@@H](CCCCN)C(N)=O)ccc1O. The predicted octanol–water partition coefficient (Wildman–Crippen LogP) is -1.06. The Kier molecular flexibility index (Phi) is 15.3. The second kappa shape index (κ2) is 18.9. The van der Waals surface area contributed by atoms with E-state index in [4.69, 9.17) is 28.7 Å². The Morgan fingerprint density at radius 2 is 1.40 bits per heavy atom. The fraction of sp³-hybridized carbons (Fsp3) is 0.452. The van der Waals surface area contributed by atoms with E-state index in [1.807, 2.05) is 6.07 Å². The van der Waals surface area contributed by atoms with E-state index in [-0.39, 0.29) is 37.5 Å². The molecule has 246 valence electrons. The summed E-state index contributed by atoms with van der Waals surface area (Å²) in [6.07, 6.45) is 2.28. The van der Waals surface area contributed by atoms with Crippen LogP contribution in [0.4, 0.5) is 0 Å². The van der Waals surface area contributed by atoms with Crippen LogP contribution >= 0.6 is 0 Å². The van der Waals surface area contributed by atoms with E-state index in [1.54, 1.807) is 43.3 Å². The number of hydrogen-bond acceptors (Lipinski definition) is 8. The van der Waals surface area contributed by atoms with E-state index in [1.165, 1.54) is 6.07 Å². The summed E-state index contributed by atoms with van der Waals surface area (Å²) in [6, 6.07) is 9.81. The minimum atomic E-state index is -1.10. The van der Waals surface area contributed by atoms with Gasteiger partial charge in [0.2, 0.25) is 23.6 Å². The molecule has 0 bridgehead atoms. The molecular weight excluding hydrogens is 578 g/mol. The summed E-state index contributed by atoms with van der Waals surface area (Å²) >= 11 is 0. The highest BCUT2D eigenvalue weighted by atomic mass is 16.3. The van der Waals surface area contributed by atoms with E-state index in [0.717, 1.165) is 11.1 Å². The minimum absolute atomic E-state index is 0.110. The van der Waals surface area contributed by atoms with Gasteiger partial charge in [-0.1, -0.05) is 42.5 Å². The first-order valence-corrected chi connectivity index (χ1v) is 14.9. The van der Waals surface area contributed by atoms with Crippen LogP contribution < -0.4 is 44.6 Å². The molecule has 2 aromatic carbocycles. The number of aryl methyl sites for hydroxylation is 1. The number of unbranched alkanes of at least 4 members (excludes halogenated alkanes) is 1. The van der Waals surface area contributed by atoms with Gasteiger partial charge < -0.3 is 49.7 Å². The van der Waals surface area contributed by atoms with Gasteiger partial charge in [0.05, 0.1) is 6.04 Å². The van der Waals surface area contributed by atoms with E-state index in [9.17, 15) is 24.3 Å². The number of nitrogens with one attached hydrogen (secondary N) is 3. The molecule has 0 aliphatic rings. The number of hydrogen-bond donors (Lipinski definition) is 9. The highest BCUT2D eigenvalue weighted by Gasteiger charge is 2.30. The maximum absolute atomic E-state index is 13.6. The number of phenols is 1. The molecule has 2 rings (SSSR count). The molecular formula is C31H47N9O5. The molecule has 0 saturated carbocycles. The Morgan fingerprint density at radius 3 is 2.02 bits per heavy atom. The van der Waals surface area contributed by atoms with Gasteiger partial charge in [0, 0.05) is 13.0 Å². The topological polar surface area (TPSA) is 267 Å². The lowest BCUT2D eigenvalue weighted by atomic mass is 10.0. The number of guanidine groups is 1. The number of phenolic OH excluding ortho intramolecular Hbond substituents is 1. The van der Waals surface area contributed by atoms with Crippen LogP contribution in [-0.4, -0.2) is 72.0 Å². The molecule has 14 N–H and O–H groups in total.